The van der Waals surface area contributed by atoms with Crippen LogP contribution >= 0.6 is 0 Å². The van der Waals surface area contributed by atoms with Crippen molar-refractivity contribution in [3.05, 3.63) is 48.4 Å². The normalized spacial score (nSPS) is 13.8. The fourth-order valence-corrected chi connectivity index (χ4v) is 2.01. The molecule has 108 valence electrons. The monoisotopic (exact) mass is 274 g/mol. The molecule has 0 spiro atoms. The summed E-state index contributed by atoms with van der Waals surface area (Å²) >= 11 is 0. The highest BCUT2D eigenvalue weighted by atomic mass is 16.5. The number of ether oxygens (including phenoxy) is 1. The van der Waals surface area contributed by atoms with Gasteiger partial charge in [-0.2, -0.15) is 0 Å². The second kappa shape index (κ2) is 6.48. The number of benzene rings is 1. The average molecular weight is 274 g/mol. The zero-order chi connectivity index (χ0) is 14.5. The van der Waals surface area contributed by atoms with Crippen molar-refractivity contribution in [3.8, 4) is 5.75 Å². The van der Waals surface area contributed by atoms with Crippen LogP contribution < -0.4 is 15.4 Å². The van der Waals surface area contributed by atoms with Crippen molar-refractivity contribution >= 4 is 5.69 Å². The summed E-state index contributed by atoms with van der Waals surface area (Å²) in [6, 6.07) is 11.6. The minimum atomic E-state index is -0.271. The van der Waals surface area contributed by atoms with E-state index in [1.165, 1.54) is 0 Å². The highest BCUT2D eigenvalue weighted by Gasteiger charge is 2.23. The predicted octanol–water partition coefficient (Wildman–Crippen LogP) is 3.20. The maximum atomic E-state index is 6.16. The van der Waals surface area contributed by atoms with Crippen LogP contribution in [0.2, 0.25) is 0 Å². The van der Waals surface area contributed by atoms with Gasteiger partial charge in [0.15, 0.2) is 6.10 Å². The Labute approximate surface area is 120 Å². The summed E-state index contributed by atoms with van der Waals surface area (Å²) in [6.45, 7) is 2.04. The maximum absolute atomic E-state index is 6.16. The molecule has 0 saturated carbocycles. The van der Waals surface area contributed by atoms with E-state index in [2.05, 4.69) is 0 Å². The zero-order valence-corrected chi connectivity index (χ0v) is 12.2. The van der Waals surface area contributed by atoms with Gasteiger partial charge in [-0.1, -0.05) is 13.0 Å². The lowest BCUT2D eigenvalue weighted by Gasteiger charge is -2.23. The molecule has 2 N–H and O–H groups in total. The highest BCUT2D eigenvalue weighted by molar-refractivity contribution is 5.49. The van der Waals surface area contributed by atoms with Gasteiger partial charge in [0.1, 0.15) is 11.5 Å². The fraction of sp³-hybridized carbons (Fsp3) is 0.375. The van der Waals surface area contributed by atoms with Gasteiger partial charge in [-0.3, -0.25) is 0 Å². The summed E-state index contributed by atoms with van der Waals surface area (Å²) in [5, 5.41) is 0. The first-order valence-electron chi connectivity index (χ1n) is 6.85. The van der Waals surface area contributed by atoms with Crippen LogP contribution in [0.4, 0.5) is 5.69 Å². The van der Waals surface area contributed by atoms with E-state index in [1.54, 1.807) is 6.26 Å². The molecule has 0 fully saturated rings. The Bertz CT molecular complexity index is 523. The molecule has 2 atom stereocenters. The number of furan rings is 1. The molecule has 4 nitrogen and oxygen atoms in total. The van der Waals surface area contributed by atoms with Crippen LogP contribution in [-0.2, 0) is 0 Å². The molecule has 2 aromatic rings. The lowest BCUT2D eigenvalue weighted by atomic mass is 10.1. The number of hydrogen-bond acceptors (Lipinski definition) is 4. The topological polar surface area (TPSA) is 51.6 Å². The van der Waals surface area contributed by atoms with Crippen LogP contribution in [0.25, 0.3) is 0 Å². The van der Waals surface area contributed by atoms with E-state index in [4.69, 9.17) is 14.9 Å². The van der Waals surface area contributed by atoms with Crippen LogP contribution in [0, 0.1) is 0 Å². The average Bonchev–Trinajstić information content (AvgIpc) is 2.98. The fourth-order valence-electron chi connectivity index (χ4n) is 2.01. The summed E-state index contributed by atoms with van der Waals surface area (Å²) < 4.78 is 11.5. The first kappa shape index (κ1) is 14.5. The van der Waals surface area contributed by atoms with Gasteiger partial charge < -0.3 is 19.8 Å². The van der Waals surface area contributed by atoms with Gasteiger partial charge in [-0.05, 0) is 30.7 Å². The van der Waals surface area contributed by atoms with E-state index in [0.29, 0.717) is 0 Å². The van der Waals surface area contributed by atoms with E-state index >= 15 is 0 Å². The molecule has 1 heterocycles. The largest absolute Gasteiger partial charge is 0.481 e. The molecule has 0 aliphatic heterocycles. The Kier molecular flexibility index (Phi) is 4.69. The van der Waals surface area contributed by atoms with Crippen LogP contribution in [0.5, 0.6) is 5.75 Å². The molecular formula is C16H22N2O2. The molecular weight excluding hydrogens is 252 g/mol. The van der Waals surface area contributed by atoms with Crippen LogP contribution in [0.3, 0.4) is 0 Å². The first-order chi connectivity index (χ1) is 9.61. The molecule has 2 unspecified atom stereocenters. The van der Waals surface area contributed by atoms with Gasteiger partial charge in [0, 0.05) is 31.9 Å². The summed E-state index contributed by atoms with van der Waals surface area (Å²) in [4.78, 5) is 2.04. The third-order valence-corrected chi connectivity index (χ3v) is 3.28. The van der Waals surface area contributed by atoms with E-state index in [-0.39, 0.29) is 12.1 Å². The summed E-state index contributed by atoms with van der Waals surface area (Å²) in [6.07, 6.45) is 2.19. The Morgan fingerprint density at radius 3 is 2.65 bits per heavy atom. The summed E-state index contributed by atoms with van der Waals surface area (Å²) in [7, 11) is 4.00. The van der Waals surface area contributed by atoms with Gasteiger partial charge >= 0.3 is 0 Å². The number of hydrogen-bond donors (Lipinski definition) is 1. The third-order valence-electron chi connectivity index (χ3n) is 3.28. The Balaban J connectivity index is 2.22. The minimum absolute atomic E-state index is 0.107. The van der Waals surface area contributed by atoms with Gasteiger partial charge in [0.25, 0.3) is 0 Å². The first-order valence-corrected chi connectivity index (χ1v) is 6.85. The van der Waals surface area contributed by atoms with E-state index < -0.39 is 0 Å². The lowest BCUT2D eigenvalue weighted by molar-refractivity contribution is 0.145. The summed E-state index contributed by atoms with van der Waals surface area (Å²) in [5.74, 6) is 1.55. The Hall–Kier alpha value is -1.94. The molecule has 0 amide bonds. The van der Waals surface area contributed by atoms with Gasteiger partial charge in [-0.15, -0.1) is 0 Å². The Morgan fingerprint density at radius 1 is 1.25 bits per heavy atom. The number of rotatable bonds is 6. The van der Waals surface area contributed by atoms with Gasteiger partial charge in [-0.25, -0.2) is 0 Å². The van der Waals surface area contributed by atoms with E-state index in [1.807, 2.05) is 62.3 Å². The molecule has 0 bridgehead atoms. The van der Waals surface area contributed by atoms with Crippen molar-refractivity contribution in [2.45, 2.75) is 25.5 Å². The molecule has 2 rings (SSSR count). The van der Waals surface area contributed by atoms with Crippen molar-refractivity contribution in [3.63, 3.8) is 0 Å². The number of anilines is 1. The minimum Gasteiger partial charge on any atom is -0.481 e. The van der Waals surface area contributed by atoms with Crippen LogP contribution in [0.1, 0.15) is 25.2 Å². The number of nitrogens with zero attached hydrogens (tertiary/aromatic N) is 1. The van der Waals surface area contributed by atoms with Gasteiger partial charge in [0.05, 0.1) is 6.26 Å². The van der Waals surface area contributed by atoms with E-state index in [9.17, 15) is 0 Å². The SMILES string of the molecule is CCC(N)C(Oc1cccc(N(C)C)c1)c1ccco1. The second-order valence-electron chi connectivity index (χ2n) is 5.02. The van der Waals surface area contributed by atoms with Crippen molar-refractivity contribution in [2.24, 2.45) is 5.73 Å². The molecule has 20 heavy (non-hydrogen) atoms. The molecule has 0 radical (unpaired) electrons. The predicted molar refractivity (Wildman–Crippen MR) is 81.1 cm³/mol. The van der Waals surface area contributed by atoms with Crippen molar-refractivity contribution in [2.75, 3.05) is 19.0 Å². The zero-order valence-electron chi connectivity index (χ0n) is 12.2. The van der Waals surface area contributed by atoms with E-state index in [0.717, 1.165) is 23.6 Å². The molecule has 0 aliphatic carbocycles. The number of nitrogens with two attached hydrogens (primary N) is 1. The second-order valence-corrected chi connectivity index (χ2v) is 5.02. The highest BCUT2D eigenvalue weighted by Crippen LogP contribution is 2.28. The molecule has 0 aliphatic rings. The van der Waals surface area contributed by atoms with Crippen LogP contribution in [0.15, 0.2) is 47.1 Å². The standard InChI is InChI=1S/C16H22N2O2/c1-4-14(17)16(15-9-6-10-19-15)20-13-8-5-7-12(11-13)18(2)3/h5-11,14,16H,4,17H2,1-3H3. The van der Waals surface area contributed by atoms with Crippen LogP contribution in [-0.4, -0.2) is 20.1 Å². The molecule has 4 heteroatoms. The quantitative estimate of drug-likeness (QED) is 0.879. The van der Waals surface area contributed by atoms with Gasteiger partial charge in [0.2, 0.25) is 0 Å². The van der Waals surface area contributed by atoms with Crippen molar-refractivity contribution in [1.29, 1.82) is 0 Å². The third kappa shape index (κ3) is 3.33. The lowest BCUT2D eigenvalue weighted by Crippen LogP contribution is -2.31. The molecule has 1 aromatic heterocycles. The smallest absolute Gasteiger partial charge is 0.171 e. The maximum Gasteiger partial charge on any atom is 0.171 e. The molecule has 1 aromatic carbocycles. The van der Waals surface area contributed by atoms with Crippen molar-refractivity contribution < 1.29 is 9.15 Å². The summed E-state index contributed by atoms with van der Waals surface area (Å²) in [5.41, 5.74) is 7.25. The Morgan fingerprint density at radius 2 is 2.05 bits per heavy atom. The van der Waals surface area contributed by atoms with Crippen molar-refractivity contribution in [1.82, 2.24) is 0 Å². The molecule has 0 saturated heterocycles.